The number of hydrogen-bond acceptors (Lipinski definition) is 4. The maximum absolute atomic E-state index is 12.1. The number of benzene rings is 2. The molecular weight excluding hydrogens is 276 g/mol. The molecule has 1 aliphatic carbocycles. The SMILES string of the molecule is O=C1c2ccccc2CC1OS(=O)(=O)c1ccccc1. The molecule has 0 N–H and O–H groups in total. The second kappa shape index (κ2) is 4.85. The van der Waals surface area contributed by atoms with Crippen LogP contribution in [0, 0.1) is 0 Å². The first-order valence-electron chi connectivity index (χ1n) is 6.18. The molecule has 1 atom stereocenters. The smallest absolute Gasteiger partial charge is 0.291 e. The van der Waals surface area contributed by atoms with Crippen LogP contribution in [0.15, 0.2) is 59.5 Å². The number of carbonyl (C=O) groups excluding carboxylic acids is 1. The molecule has 0 heterocycles. The predicted molar refractivity (Wildman–Crippen MR) is 73.0 cm³/mol. The van der Waals surface area contributed by atoms with Crippen molar-refractivity contribution < 1.29 is 17.4 Å². The van der Waals surface area contributed by atoms with Gasteiger partial charge >= 0.3 is 0 Å². The zero-order valence-electron chi connectivity index (χ0n) is 10.5. The summed E-state index contributed by atoms with van der Waals surface area (Å²) >= 11 is 0. The van der Waals surface area contributed by atoms with Crippen LogP contribution in [-0.2, 0) is 20.7 Å². The van der Waals surface area contributed by atoms with Crippen molar-refractivity contribution in [2.24, 2.45) is 0 Å². The van der Waals surface area contributed by atoms with Crippen molar-refractivity contribution >= 4 is 15.9 Å². The van der Waals surface area contributed by atoms with Gasteiger partial charge in [-0.15, -0.1) is 0 Å². The molecule has 5 heteroatoms. The minimum absolute atomic E-state index is 0.0590. The van der Waals surface area contributed by atoms with Crippen LogP contribution in [0.2, 0.25) is 0 Å². The summed E-state index contributed by atoms with van der Waals surface area (Å²) in [5.41, 5.74) is 1.37. The minimum atomic E-state index is -3.92. The minimum Gasteiger partial charge on any atom is -0.291 e. The molecule has 0 saturated heterocycles. The zero-order valence-corrected chi connectivity index (χ0v) is 11.3. The Kier molecular flexibility index (Phi) is 3.16. The first-order chi connectivity index (χ1) is 9.58. The van der Waals surface area contributed by atoms with E-state index in [1.165, 1.54) is 12.1 Å². The van der Waals surface area contributed by atoms with Gasteiger partial charge in [0.15, 0.2) is 5.78 Å². The van der Waals surface area contributed by atoms with Gasteiger partial charge in [-0.1, -0.05) is 42.5 Å². The zero-order chi connectivity index (χ0) is 14.2. The average Bonchev–Trinajstić information content (AvgIpc) is 2.76. The summed E-state index contributed by atoms with van der Waals surface area (Å²) < 4.78 is 29.3. The quantitative estimate of drug-likeness (QED) is 0.812. The third kappa shape index (κ3) is 2.26. The van der Waals surface area contributed by atoms with E-state index in [1.54, 1.807) is 30.3 Å². The second-order valence-electron chi connectivity index (χ2n) is 4.58. The van der Waals surface area contributed by atoms with Gasteiger partial charge in [-0.2, -0.15) is 8.42 Å². The van der Waals surface area contributed by atoms with E-state index in [-0.39, 0.29) is 10.7 Å². The first kappa shape index (κ1) is 13.0. The molecule has 0 saturated carbocycles. The molecule has 102 valence electrons. The molecular formula is C15H12O4S. The summed E-state index contributed by atoms with van der Waals surface area (Å²) in [5.74, 6) is -0.278. The third-order valence-electron chi connectivity index (χ3n) is 3.26. The van der Waals surface area contributed by atoms with Gasteiger partial charge in [-0.3, -0.25) is 8.98 Å². The monoisotopic (exact) mass is 288 g/mol. The summed E-state index contributed by atoms with van der Waals surface area (Å²) in [6.07, 6.45) is -0.668. The summed E-state index contributed by atoms with van der Waals surface area (Å²) in [5, 5.41) is 0. The molecule has 0 bridgehead atoms. The highest BCUT2D eigenvalue weighted by Crippen LogP contribution is 2.26. The maximum atomic E-state index is 12.1. The van der Waals surface area contributed by atoms with Gasteiger partial charge in [0.2, 0.25) is 0 Å². The molecule has 2 aromatic carbocycles. The number of rotatable bonds is 3. The van der Waals surface area contributed by atoms with Crippen LogP contribution in [0.5, 0.6) is 0 Å². The van der Waals surface area contributed by atoms with Crippen LogP contribution in [0.1, 0.15) is 15.9 Å². The number of carbonyl (C=O) groups is 1. The first-order valence-corrected chi connectivity index (χ1v) is 7.59. The standard InChI is InChI=1S/C15H12O4S/c16-15-13-9-5-4-6-11(13)10-14(15)19-20(17,18)12-7-2-1-3-8-12/h1-9,14H,10H2. The average molecular weight is 288 g/mol. The Bertz CT molecular complexity index is 750. The predicted octanol–water partition coefficient (Wildman–Crippen LogP) is 2.20. The van der Waals surface area contributed by atoms with Crippen molar-refractivity contribution in [2.75, 3.05) is 0 Å². The normalized spacial score (nSPS) is 18.0. The molecule has 0 aliphatic heterocycles. The lowest BCUT2D eigenvalue weighted by molar-refractivity contribution is 0.0829. The molecule has 0 amide bonds. The fourth-order valence-electron chi connectivity index (χ4n) is 2.28. The van der Waals surface area contributed by atoms with Crippen LogP contribution >= 0.6 is 0 Å². The van der Waals surface area contributed by atoms with Crippen molar-refractivity contribution in [1.82, 2.24) is 0 Å². The Morgan fingerprint density at radius 1 is 0.950 bits per heavy atom. The maximum Gasteiger partial charge on any atom is 0.297 e. The molecule has 2 aromatic rings. The van der Waals surface area contributed by atoms with Crippen molar-refractivity contribution in [3.63, 3.8) is 0 Å². The van der Waals surface area contributed by atoms with Gasteiger partial charge < -0.3 is 0 Å². The molecule has 0 radical (unpaired) electrons. The van der Waals surface area contributed by atoms with Crippen LogP contribution in [0.3, 0.4) is 0 Å². The van der Waals surface area contributed by atoms with Crippen molar-refractivity contribution in [1.29, 1.82) is 0 Å². The van der Waals surface area contributed by atoms with Crippen molar-refractivity contribution in [3.8, 4) is 0 Å². The van der Waals surface area contributed by atoms with Gasteiger partial charge in [0.25, 0.3) is 10.1 Å². The van der Waals surface area contributed by atoms with Gasteiger partial charge in [0, 0.05) is 12.0 Å². The fourth-order valence-corrected chi connectivity index (χ4v) is 3.34. The Hall–Kier alpha value is -1.98. The van der Waals surface area contributed by atoms with Crippen molar-refractivity contribution in [2.45, 2.75) is 17.4 Å². The lowest BCUT2D eigenvalue weighted by Crippen LogP contribution is -2.24. The molecule has 4 nitrogen and oxygen atoms in total. The highest BCUT2D eigenvalue weighted by molar-refractivity contribution is 7.86. The van der Waals surface area contributed by atoms with E-state index in [9.17, 15) is 13.2 Å². The van der Waals surface area contributed by atoms with Gasteiger partial charge in [-0.25, -0.2) is 0 Å². The Morgan fingerprint density at radius 3 is 2.30 bits per heavy atom. The number of Topliss-reactive ketones (excluding diaryl/α,β-unsaturated/α-hetero) is 1. The van der Waals surface area contributed by atoms with Gasteiger partial charge in [0.05, 0.1) is 4.90 Å². The molecule has 0 fully saturated rings. The van der Waals surface area contributed by atoms with Crippen molar-refractivity contribution in [3.05, 3.63) is 65.7 Å². The number of fused-ring (bicyclic) bond motifs is 1. The van der Waals surface area contributed by atoms with Crippen LogP contribution in [0.4, 0.5) is 0 Å². The van der Waals surface area contributed by atoms with E-state index in [0.717, 1.165) is 5.56 Å². The molecule has 1 aliphatic rings. The van der Waals surface area contributed by atoms with Crippen LogP contribution < -0.4 is 0 Å². The molecule has 0 spiro atoms. The molecule has 0 aromatic heterocycles. The summed E-state index contributed by atoms with van der Waals surface area (Å²) in [4.78, 5) is 12.2. The van der Waals surface area contributed by atoms with E-state index in [2.05, 4.69) is 0 Å². The van der Waals surface area contributed by atoms with Gasteiger partial charge in [-0.05, 0) is 17.7 Å². The summed E-state index contributed by atoms with van der Waals surface area (Å²) in [7, 11) is -3.92. The highest BCUT2D eigenvalue weighted by Gasteiger charge is 2.35. The van der Waals surface area contributed by atoms with E-state index in [1.807, 2.05) is 12.1 Å². The Balaban J connectivity index is 1.86. The Labute approximate surface area is 117 Å². The highest BCUT2D eigenvalue weighted by atomic mass is 32.2. The fraction of sp³-hybridized carbons (Fsp3) is 0.133. The number of ketones is 1. The van der Waals surface area contributed by atoms with E-state index >= 15 is 0 Å². The Morgan fingerprint density at radius 2 is 1.60 bits per heavy atom. The van der Waals surface area contributed by atoms with Gasteiger partial charge in [0.1, 0.15) is 6.10 Å². The second-order valence-corrected chi connectivity index (χ2v) is 6.15. The largest absolute Gasteiger partial charge is 0.297 e. The third-order valence-corrected chi connectivity index (χ3v) is 4.59. The topological polar surface area (TPSA) is 60.4 Å². The van der Waals surface area contributed by atoms with E-state index in [4.69, 9.17) is 4.18 Å². The number of hydrogen-bond donors (Lipinski definition) is 0. The summed E-state index contributed by atoms with van der Waals surface area (Å²) in [6.45, 7) is 0. The van der Waals surface area contributed by atoms with E-state index in [0.29, 0.717) is 12.0 Å². The summed E-state index contributed by atoms with van der Waals surface area (Å²) in [6, 6.07) is 14.9. The molecule has 1 unspecified atom stereocenters. The molecule has 20 heavy (non-hydrogen) atoms. The van der Waals surface area contributed by atoms with Crippen LogP contribution in [0.25, 0.3) is 0 Å². The van der Waals surface area contributed by atoms with Crippen LogP contribution in [-0.4, -0.2) is 20.3 Å². The van der Waals surface area contributed by atoms with E-state index < -0.39 is 16.2 Å². The lowest BCUT2D eigenvalue weighted by atomic mass is 10.1. The lowest BCUT2D eigenvalue weighted by Gasteiger charge is -2.10. The molecule has 3 rings (SSSR count).